The minimum absolute atomic E-state index is 0.218. The number of hydrogen-bond donors (Lipinski definition) is 1. The summed E-state index contributed by atoms with van der Waals surface area (Å²) >= 11 is 0. The van der Waals surface area contributed by atoms with Gasteiger partial charge in [-0.25, -0.2) is 19.3 Å². The van der Waals surface area contributed by atoms with Crippen LogP contribution in [0.15, 0.2) is 47.1 Å². The summed E-state index contributed by atoms with van der Waals surface area (Å²) in [4.78, 5) is 29.5. The molecule has 0 saturated carbocycles. The van der Waals surface area contributed by atoms with E-state index in [0.29, 0.717) is 34.2 Å². The van der Waals surface area contributed by atoms with E-state index in [1.807, 2.05) is 13.0 Å². The number of likely N-dealkylation sites (N-methyl/N-ethyl adjacent to an activating group) is 1. The normalized spacial score (nSPS) is 16.1. The molecule has 1 atom stereocenters. The van der Waals surface area contributed by atoms with Gasteiger partial charge in [-0.3, -0.25) is 4.98 Å². The molecule has 176 valence electrons. The fourth-order valence-corrected chi connectivity index (χ4v) is 4.09. The van der Waals surface area contributed by atoms with Crippen molar-refractivity contribution in [1.29, 1.82) is 0 Å². The zero-order valence-electron chi connectivity index (χ0n) is 19.5. The number of aldehydes is 1. The summed E-state index contributed by atoms with van der Waals surface area (Å²) in [6, 6.07) is 8.17. The summed E-state index contributed by atoms with van der Waals surface area (Å²) in [6.07, 6.45) is 6.29. The van der Waals surface area contributed by atoms with Crippen molar-refractivity contribution in [2.45, 2.75) is 32.6 Å². The van der Waals surface area contributed by atoms with E-state index >= 15 is 0 Å². The summed E-state index contributed by atoms with van der Waals surface area (Å²) in [7, 11) is 2.11. The highest BCUT2D eigenvalue weighted by molar-refractivity contribution is 5.88. The molecule has 0 bridgehead atoms. The number of rotatable bonds is 4. The molecule has 1 saturated heterocycles. The highest BCUT2D eigenvalue weighted by Crippen LogP contribution is 2.32. The van der Waals surface area contributed by atoms with Crippen LogP contribution in [0.4, 0.5) is 15.9 Å². The lowest BCUT2D eigenvalue weighted by molar-refractivity contribution is -0.106. The van der Waals surface area contributed by atoms with Crippen LogP contribution in [0.3, 0.4) is 0 Å². The molecule has 0 spiro atoms. The van der Waals surface area contributed by atoms with Crippen LogP contribution in [-0.4, -0.2) is 51.3 Å². The number of halogens is 1. The Morgan fingerprint density at radius 1 is 1.21 bits per heavy atom. The molecule has 0 aliphatic carbocycles. The Balaban J connectivity index is 0.000000868. The first-order chi connectivity index (χ1) is 16.5. The number of hydrogen-bond acceptors (Lipinski definition) is 8. The van der Waals surface area contributed by atoms with Gasteiger partial charge in [0.2, 0.25) is 0 Å². The van der Waals surface area contributed by atoms with Crippen molar-refractivity contribution in [1.82, 2.24) is 24.8 Å². The predicted molar refractivity (Wildman–Crippen MR) is 128 cm³/mol. The molecule has 3 aromatic heterocycles. The minimum Gasteiger partial charge on any atom is -0.440 e. The second kappa shape index (κ2) is 10.5. The molecule has 5 rings (SSSR count). The highest BCUT2D eigenvalue weighted by atomic mass is 19.1. The number of fused-ring (bicyclic) bond motifs is 1. The van der Waals surface area contributed by atoms with Gasteiger partial charge >= 0.3 is 0 Å². The molecule has 4 aromatic rings. The van der Waals surface area contributed by atoms with Crippen molar-refractivity contribution in [3.05, 3.63) is 60.3 Å². The molecule has 8 nitrogen and oxygen atoms in total. The van der Waals surface area contributed by atoms with Crippen LogP contribution in [0.5, 0.6) is 0 Å². The van der Waals surface area contributed by atoms with E-state index in [1.54, 1.807) is 24.5 Å². The van der Waals surface area contributed by atoms with Crippen LogP contribution in [0.25, 0.3) is 22.4 Å². The summed E-state index contributed by atoms with van der Waals surface area (Å²) in [6.45, 7) is 5.22. The van der Waals surface area contributed by atoms with Crippen molar-refractivity contribution in [3.63, 3.8) is 0 Å². The number of piperidine rings is 1. The third-order valence-electron chi connectivity index (χ3n) is 5.51. The minimum atomic E-state index is -0.306. The predicted octanol–water partition coefficient (Wildman–Crippen LogP) is 4.89. The van der Waals surface area contributed by atoms with Crippen molar-refractivity contribution >= 4 is 28.9 Å². The van der Waals surface area contributed by atoms with Gasteiger partial charge in [0.15, 0.2) is 11.5 Å². The van der Waals surface area contributed by atoms with Crippen LogP contribution in [0.1, 0.15) is 37.4 Å². The van der Waals surface area contributed by atoms with Gasteiger partial charge in [0, 0.05) is 37.3 Å². The number of carbonyl (C=O) groups is 1. The van der Waals surface area contributed by atoms with E-state index in [2.05, 4.69) is 27.2 Å². The molecular weight excluding hydrogens is 435 g/mol. The van der Waals surface area contributed by atoms with Crippen molar-refractivity contribution < 1.29 is 13.6 Å². The van der Waals surface area contributed by atoms with Crippen LogP contribution >= 0.6 is 0 Å². The number of oxazole rings is 1. The van der Waals surface area contributed by atoms with Crippen molar-refractivity contribution in [3.8, 4) is 11.3 Å². The van der Waals surface area contributed by atoms with Gasteiger partial charge in [0.05, 0.1) is 17.5 Å². The quantitative estimate of drug-likeness (QED) is 0.429. The maximum Gasteiger partial charge on any atom is 0.192 e. The molecule has 1 aliphatic rings. The Labute approximate surface area is 197 Å². The van der Waals surface area contributed by atoms with E-state index in [-0.39, 0.29) is 11.7 Å². The van der Waals surface area contributed by atoms with Gasteiger partial charge in [0.1, 0.15) is 29.3 Å². The average molecular weight is 463 g/mol. The van der Waals surface area contributed by atoms with Crippen molar-refractivity contribution in [2.75, 3.05) is 25.5 Å². The van der Waals surface area contributed by atoms with E-state index in [0.717, 1.165) is 43.6 Å². The van der Waals surface area contributed by atoms with E-state index in [9.17, 15) is 4.39 Å². The maximum atomic E-state index is 13.7. The molecule has 34 heavy (non-hydrogen) atoms. The summed E-state index contributed by atoms with van der Waals surface area (Å²) in [5, 5.41) is 3.23. The third-order valence-corrected chi connectivity index (χ3v) is 5.51. The zero-order valence-corrected chi connectivity index (χ0v) is 19.5. The van der Waals surface area contributed by atoms with Gasteiger partial charge < -0.3 is 19.4 Å². The molecule has 1 fully saturated rings. The number of carbonyl (C=O) groups excluding carboxylic acids is 1. The summed E-state index contributed by atoms with van der Waals surface area (Å²) in [5.74, 6) is 1.85. The highest BCUT2D eigenvalue weighted by Gasteiger charge is 2.23. The number of benzene rings is 1. The first-order valence-electron chi connectivity index (χ1n) is 11.2. The maximum absolute atomic E-state index is 13.7. The first-order valence-corrected chi connectivity index (χ1v) is 11.2. The monoisotopic (exact) mass is 462 g/mol. The molecule has 1 unspecified atom stereocenters. The van der Waals surface area contributed by atoms with Gasteiger partial charge in [0.25, 0.3) is 0 Å². The van der Waals surface area contributed by atoms with Crippen molar-refractivity contribution in [2.24, 2.45) is 0 Å². The molecule has 0 amide bonds. The molecule has 1 aliphatic heterocycles. The summed E-state index contributed by atoms with van der Waals surface area (Å²) in [5.41, 5.74) is 3.42. The topological polar surface area (TPSA) is 97.0 Å². The number of pyridine rings is 1. The smallest absolute Gasteiger partial charge is 0.192 e. The number of anilines is 2. The standard InChI is InChI=1S/C23H23FN6O.C2H4O/c1-14-26-20-12-25-11-18(22(20)31-14)19-10-21(27-17-7-3-6-16(24)9-17)29-23(28-19)15-5-4-8-30(2)13-15;1-2-3/h3,6-7,9-12,15H,4-5,8,13H2,1-2H3,(H,27,28,29);2H,1H3. The molecular formula is C25H27FN6O2. The molecule has 9 heteroatoms. The number of nitrogens with zero attached hydrogens (tertiary/aromatic N) is 5. The SMILES string of the molecule is CC=O.Cc1nc2cncc(-c3cc(Nc4cccc(F)c4)nc(C4CCCN(C)C4)n3)c2o1. The number of nitrogens with one attached hydrogen (secondary N) is 1. The number of aromatic nitrogens is 4. The Morgan fingerprint density at radius 2 is 2.03 bits per heavy atom. The van der Waals surface area contributed by atoms with Crippen LogP contribution in [-0.2, 0) is 4.79 Å². The second-order valence-electron chi connectivity index (χ2n) is 8.24. The van der Waals surface area contributed by atoms with Gasteiger partial charge in [-0.2, -0.15) is 0 Å². The first kappa shape index (κ1) is 23.4. The Bertz CT molecular complexity index is 1290. The van der Waals surface area contributed by atoms with Crippen LogP contribution in [0.2, 0.25) is 0 Å². The van der Waals surface area contributed by atoms with Gasteiger partial charge in [-0.05, 0) is 51.6 Å². The molecule has 0 radical (unpaired) electrons. The number of likely N-dealkylation sites (tertiary alicyclic amines) is 1. The molecule has 1 N–H and O–H groups in total. The lowest BCUT2D eigenvalue weighted by Crippen LogP contribution is -2.31. The summed E-state index contributed by atoms with van der Waals surface area (Å²) < 4.78 is 19.5. The zero-order chi connectivity index (χ0) is 24.1. The third kappa shape index (κ3) is 5.43. The Kier molecular flexibility index (Phi) is 7.22. The van der Waals surface area contributed by atoms with E-state index < -0.39 is 0 Å². The Morgan fingerprint density at radius 3 is 2.79 bits per heavy atom. The lowest BCUT2D eigenvalue weighted by Gasteiger charge is -2.29. The molecule has 1 aromatic carbocycles. The molecule has 4 heterocycles. The number of aryl methyl sites for hydroxylation is 1. The lowest BCUT2D eigenvalue weighted by atomic mass is 9.97. The largest absolute Gasteiger partial charge is 0.440 e. The van der Waals surface area contributed by atoms with E-state index in [1.165, 1.54) is 19.1 Å². The second-order valence-corrected chi connectivity index (χ2v) is 8.24. The fraction of sp³-hybridized carbons (Fsp3) is 0.320. The average Bonchev–Trinajstić information content (AvgIpc) is 3.19. The van der Waals surface area contributed by atoms with E-state index in [4.69, 9.17) is 19.2 Å². The van der Waals surface area contributed by atoms with Crippen LogP contribution in [0, 0.1) is 12.7 Å². The fourth-order valence-electron chi connectivity index (χ4n) is 4.09. The van der Waals surface area contributed by atoms with Gasteiger partial charge in [-0.1, -0.05) is 6.07 Å². The van der Waals surface area contributed by atoms with Crippen LogP contribution < -0.4 is 5.32 Å². The Hall–Kier alpha value is -3.72. The van der Waals surface area contributed by atoms with Gasteiger partial charge in [-0.15, -0.1) is 0 Å².